The quantitative estimate of drug-likeness (QED) is 0.426. The fourth-order valence-corrected chi connectivity index (χ4v) is 4.03. The summed E-state index contributed by atoms with van der Waals surface area (Å²) in [5.41, 5.74) is 0.589. The maximum absolute atomic E-state index is 12.8. The van der Waals surface area contributed by atoms with Gasteiger partial charge in [-0.1, -0.05) is 32.0 Å². The summed E-state index contributed by atoms with van der Waals surface area (Å²) in [5.74, 6) is 0.239. The number of carbonyl (C=O) groups excluding carboxylic acids is 1. The van der Waals surface area contributed by atoms with Crippen LogP contribution in [-0.2, 0) is 21.0 Å². The normalized spacial score (nSPS) is 11.8. The van der Waals surface area contributed by atoms with E-state index in [1.54, 1.807) is 12.1 Å². The molecular formula is C24H23F3N2O4S. The molecular weight excluding hydrogens is 469 g/mol. The smallest absolute Gasteiger partial charge is 0.416 e. The number of carbonyl (C=O) groups is 1. The molecule has 0 aromatic heterocycles. The van der Waals surface area contributed by atoms with Crippen LogP contribution in [0.5, 0.6) is 5.75 Å². The Balaban J connectivity index is 1.58. The number of ether oxygens (including phenoxy) is 1. The van der Waals surface area contributed by atoms with Gasteiger partial charge in [0.1, 0.15) is 5.75 Å². The van der Waals surface area contributed by atoms with E-state index in [1.165, 1.54) is 30.3 Å². The lowest BCUT2D eigenvalue weighted by molar-refractivity contribution is -0.137. The minimum atomic E-state index is -4.59. The summed E-state index contributed by atoms with van der Waals surface area (Å²) in [5, 5.41) is 2.71. The van der Waals surface area contributed by atoms with Crippen molar-refractivity contribution >= 4 is 27.3 Å². The van der Waals surface area contributed by atoms with Gasteiger partial charge in [0.2, 0.25) is 0 Å². The Bertz CT molecular complexity index is 1240. The lowest BCUT2D eigenvalue weighted by Crippen LogP contribution is -2.20. The minimum Gasteiger partial charge on any atom is -0.484 e. The third-order valence-corrected chi connectivity index (χ3v) is 6.20. The maximum Gasteiger partial charge on any atom is 0.416 e. The standard InChI is InChI=1S/C24H23F3N2O4S/c1-16(2)17-6-8-19(9-7-17)28-23(30)15-33-21-10-12-22(13-11-21)34(31,32)29-20-5-3-4-18(14-20)24(25,26)27/h3-14,16,29H,15H2,1-2H3,(H,28,30). The molecule has 6 nitrogen and oxygen atoms in total. The van der Waals surface area contributed by atoms with Crippen molar-refractivity contribution in [1.29, 1.82) is 0 Å². The van der Waals surface area contributed by atoms with Gasteiger partial charge in [-0.15, -0.1) is 0 Å². The molecule has 0 bridgehead atoms. The average molecular weight is 493 g/mol. The Kier molecular flexibility index (Phi) is 7.51. The molecule has 3 rings (SSSR count). The monoisotopic (exact) mass is 492 g/mol. The van der Waals surface area contributed by atoms with Crippen LogP contribution in [0.1, 0.15) is 30.9 Å². The summed E-state index contributed by atoms with van der Waals surface area (Å²) < 4.78 is 71.1. The van der Waals surface area contributed by atoms with Gasteiger partial charge in [-0.05, 0) is 66.1 Å². The Morgan fingerprint density at radius 2 is 1.59 bits per heavy atom. The fourth-order valence-electron chi connectivity index (χ4n) is 2.99. The Morgan fingerprint density at radius 3 is 2.18 bits per heavy atom. The van der Waals surface area contributed by atoms with Crippen molar-refractivity contribution in [3.05, 3.63) is 83.9 Å². The molecule has 2 N–H and O–H groups in total. The van der Waals surface area contributed by atoms with Gasteiger partial charge in [0.25, 0.3) is 15.9 Å². The van der Waals surface area contributed by atoms with Crippen LogP contribution >= 0.6 is 0 Å². The highest BCUT2D eigenvalue weighted by Gasteiger charge is 2.30. The Hall–Kier alpha value is -3.53. The van der Waals surface area contributed by atoms with E-state index in [2.05, 4.69) is 23.9 Å². The molecule has 0 radical (unpaired) electrons. The summed E-state index contributed by atoms with van der Waals surface area (Å²) >= 11 is 0. The van der Waals surface area contributed by atoms with Crippen LogP contribution in [0, 0.1) is 0 Å². The van der Waals surface area contributed by atoms with Crippen molar-refractivity contribution in [3.63, 3.8) is 0 Å². The van der Waals surface area contributed by atoms with Crippen LogP contribution < -0.4 is 14.8 Å². The summed E-state index contributed by atoms with van der Waals surface area (Å²) in [6.07, 6.45) is -4.59. The first-order valence-corrected chi connectivity index (χ1v) is 11.7. The van der Waals surface area contributed by atoms with Crippen LogP contribution in [0.15, 0.2) is 77.7 Å². The van der Waals surface area contributed by atoms with Gasteiger partial charge in [0, 0.05) is 11.4 Å². The van der Waals surface area contributed by atoms with Gasteiger partial charge in [0.15, 0.2) is 6.61 Å². The van der Waals surface area contributed by atoms with E-state index in [-0.39, 0.29) is 28.8 Å². The summed E-state index contributed by atoms with van der Waals surface area (Å²) in [6, 6.07) is 16.5. The number of nitrogens with one attached hydrogen (secondary N) is 2. The van der Waals surface area contributed by atoms with Crippen LogP contribution in [0.2, 0.25) is 0 Å². The molecule has 0 atom stereocenters. The molecule has 0 unspecified atom stereocenters. The molecule has 0 aliphatic carbocycles. The molecule has 10 heteroatoms. The van der Waals surface area contributed by atoms with Crippen molar-refractivity contribution in [2.24, 2.45) is 0 Å². The van der Waals surface area contributed by atoms with E-state index >= 15 is 0 Å². The van der Waals surface area contributed by atoms with E-state index in [4.69, 9.17) is 4.74 Å². The molecule has 3 aromatic rings. The van der Waals surface area contributed by atoms with Gasteiger partial charge >= 0.3 is 6.18 Å². The van der Waals surface area contributed by atoms with Crippen LogP contribution in [0.25, 0.3) is 0 Å². The number of hydrogen-bond acceptors (Lipinski definition) is 4. The zero-order chi connectivity index (χ0) is 24.9. The van der Waals surface area contributed by atoms with Crippen molar-refractivity contribution < 1.29 is 31.1 Å². The zero-order valence-electron chi connectivity index (χ0n) is 18.4. The second kappa shape index (κ2) is 10.2. The number of anilines is 2. The molecule has 0 saturated carbocycles. The van der Waals surface area contributed by atoms with Crippen molar-refractivity contribution in [2.45, 2.75) is 30.8 Å². The van der Waals surface area contributed by atoms with Gasteiger partial charge in [-0.25, -0.2) is 8.42 Å². The SMILES string of the molecule is CC(C)c1ccc(NC(=O)COc2ccc(S(=O)(=O)Nc3cccc(C(F)(F)F)c3)cc2)cc1. The van der Waals surface area contributed by atoms with Gasteiger partial charge in [0.05, 0.1) is 10.5 Å². The summed E-state index contributed by atoms with van der Waals surface area (Å²) in [6.45, 7) is 3.85. The van der Waals surface area contributed by atoms with E-state index < -0.39 is 21.8 Å². The van der Waals surface area contributed by atoms with Crippen LogP contribution in [0.3, 0.4) is 0 Å². The van der Waals surface area contributed by atoms with Crippen LogP contribution in [-0.4, -0.2) is 20.9 Å². The highest BCUT2D eigenvalue weighted by atomic mass is 32.2. The molecule has 1 amide bonds. The van der Waals surface area contributed by atoms with Gasteiger partial charge in [-0.3, -0.25) is 9.52 Å². The van der Waals surface area contributed by atoms with Crippen molar-refractivity contribution in [2.75, 3.05) is 16.6 Å². The molecule has 180 valence electrons. The summed E-state index contributed by atoms with van der Waals surface area (Å²) in [7, 11) is -4.13. The highest BCUT2D eigenvalue weighted by Crippen LogP contribution is 2.31. The molecule has 3 aromatic carbocycles. The summed E-state index contributed by atoms with van der Waals surface area (Å²) in [4.78, 5) is 11.9. The average Bonchev–Trinajstić information content (AvgIpc) is 2.78. The zero-order valence-corrected chi connectivity index (χ0v) is 19.2. The van der Waals surface area contributed by atoms with Gasteiger partial charge < -0.3 is 10.1 Å². The molecule has 0 fully saturated rings. The minimum absolute atomic E-state index is 0.174. The number of amides is 1. The predicted molar refractivity (Wildman–Crippen MR) is 123 cm³/mol. The second-order valence-corrected chi connectivity index (χ2v) is 9.45. The first-order chi connectivity index (χ1) is 15.9. The maximum atomic E-state index is 12.8. The fraction of sp³-hybridized carbons (Fsp3) is 0.208. The molecule has 0 aliphatic rings. The number of halogens is 3. The first-order valence-electron chi connectivity index (χ1n) is 10.3. The third kappa shape index (κ3) is 6.74. The van der Waals surface area contributed by atoms with E-state index in [9.17, 15) is 26.4 Å². The molecule has 0 spiro atoms. The Morgan fingerprint density at radius 1 is 0.941 bits per heavy atom. The van der Waals surface area contributed by atoms with Crippen molar-refractivity contribution in [1.82, 2.24) is 0 Å². The highest BCUT2D eigenvalue weighted by molar-refractivity contribution is 7.92. The molecule has 34 heavy (non-hydrogen) atoms. The van der Waals surface area contributed by atoms with E-state index in [0.717, 1.165) is 17.7 Å². The number of rotatable bonds is 8. The predicted octanol–water partition coefficient (Wildman–Crippen LogP) is 5.65. The molecule has 0 aliphatic heterocycles. The topological polar surface area (TPSA) is 84.5 Å². The lowest BCUT2D eigenvalue weighted by atomic mass is 10.0. The first kappa shape index (κ1) is 25.1. The van der Waals surface area contributed by atoms with Crippen LogP contribution in [0.4, 0.5) is 24.5 Å². The number of sulfonamides is 1. The van der Waals surface area contributed by atoms with Gasteiger partial charge in [-0.2, -0.15) is 13.2 Å². The van der Waals surface area contributed by atoms with E-state index in [1.807, 2.05) is 12.1 Å². The number of benzene rings is 3. The number of hydrogen-bond donors (Lipinski definition) is 2. The molecule has 0 heterocycles. The number of alkyl halides is 3. The largest absolute Gasteiger partial charge is 0.484 e. The Labute approximate surface area is 195 Å². The van der Waals surface area contributed by atoms with Crippen molar-refractivity contribution in [3.8, 4) is 5.75 Å². The third-order valence-electron chi connectivity index (χ3n) is 4.81. The second-order valence-electron chi connectivity index (χ2n) is 7.77. The molecule has 0 saturated heterocycles. The van der Waals surface area contributed by atoms with E-state index in [0.29, 0.717) is 17.7 Å². The lowest BCUT2D eigenvalue weighted by Gasteiger charge is -2.12.